The van der Waals surface area contributed by atoms with Gasteiger partial charge in [-0.15, -0.1) is 6.58 Å². The number of nitrogens with zero attached hydrogens (tertiary/aromatic N) is 2. The summed E-state index contributed by atoms with van der Waals surface area (Å²) in [5.74, 6) is 0.346. The Morgan fingerprint density at radius 1 is 1.45 bits per heavy atom. The molecule has 0 bridgehead atoms. The number of benzene rings is 1. The quantitative estimate of drug-likeness (QED) is 0.798. The zero-order valence-corrected chi connectivity index (χ0v) is 13.2. The molecule has 118 valence electrons. The molecule has 6 heteroatoms. The van der Waals surface area contributed by atoms with Gasteiger partial charge in [-0.1, -0.05) is 18.2 Å². The molecule has 0 saturated carbocycles. The van der Waals surface area contributed by atoms with Gasteiger partial charge in [0.1, 0.15) is 0 Å². The molecule has 0 spiro atoms. The smallest absolute Gasteiger partial charge is 0.151 e. The van der Waals surface area contributed by atoms with Crippen molar-refractivity contribution in [3.05, 3.63) is 48.0 Å². The molecular formula is C16H20N2O3S. The topological polar surface area (TPSA) is 81.4 Å². The van der Waals surface area contributed by atoms with Crippen molar-refractivity contribution in [1.82, 2.24) is 4.90 Å². The highest BCUT2D eigenvalue weighted by molar-refractivity contribution is 7.91. The maximum atomic E-state index is 11.6. The normalized spacial score (nSPS) is 21.4. The van der Waals surface area contributed by atoms with Crippen molar-refractivity contribution in [2.45, 2.75) is 18.6 Å². The molecule has 1 aliphatic rings. The maximum absolute atomic E-state index is 11.6. The van der Waals surface area contributed by atoms with Gasteiger partial charge in [-0.2, -0.15) is 5.26 Å². The summed E-state index contributed by atoms with van der Waals surface area (Å²) in [5, 5.41) is 19.1. The molecule has 5 nitrogen and oxygen atoms in total. The lowest BCUT2D eigenvalue weighted by molar-refractivity contribution is 0.100. The minimum atomic E-state index is -2.96. The van der Waals surface area contributed by atoms with Gasteiger partial charge in [0, 0.05) is 19.1 Å². The number of hydrogen-bond acceptors (Lipinski definition) is 5. The van der Waals surface area contributed by atoms with Crippen molar-refractivity contribution in [3.8, 4) is 6.07 Å². The molecule has 1 aliphatic heterocycles. The highest BCUT2D eigenvalue weighted by Crippen LogP contribution is 2.22. The summed E-state index contributed by atoms with van der Waals surface area (Å²) in [6, 6.07) is 8.73. The molecule has 1 N–H and O–H groups in total. The lowest BCUT2D eigenvalue weighted by atomic mass is 10.1. The van der Waals surface area contributed by atoms with Crippen LogP contribution in [-0.2, 0) is 9.84 Å². The van der Waals surface area contributed by atoms with E-state index in [0.717, 1.165) is 0 Å². The van der Waals surface area contributed by atoms with Crippen LogP contribution in [0.15, 0.2) is 36.9 Å². The monoisotopic (exact) mass is 320 g/mol. The van der Waals surface area contributed by atoms with E-state index in [1.165, 1.54) is 0 Å². The zero-order valence-electron chi connectivity index (χ0n) is 12.4. The number of hydrogen-bond donors (Lipinski definition) is 1. The van der Waals surface area contributed by atoms with Crippen molar-refractivity contribution in [3.63, 3.8) is 0 Å². The van der Waals surface area contributed by atoms with E-state index in [9.17, 15) is 13.5 Å². The van der Waals surface area contributed by atoms with E-state index in [2.05, 4.69) is 6.58 Å². The van der Waals surface area contributed by atoms with Crippen LogP contribution in [0.3, 0.4) is 0 Å². The molecule has 1 saturated heterocycles. The third-order valence-corrected chi connectivity index (χ3v) is 5.67. The van der Waals surface area contributed by atoms with Gasteiger partial charge in [0.15, 0.2) is 9.84 Å². The molecule has 22 heavy (non-hydrogen) atoms. The predicted octanol–water partition coefficient (Wildman–Crippen LogP) is 1.27. The van der Waals surface area contributed by atoms with E-state index in [0.29, 0.717) is 30.6 Å². The lowest BCUT2D eigenvalue weighted by Crippen LogP contribution is -2.39. The van der Waals surface area contributed by atoms with Crippen molar-refractivity contribution in [2.24, 2.45) is 0 Å². The van der Waals surface area contributed by atoms with E-state index in [1.54, 1.807) is 30.3 Å². The van der Waals surface area contributed by atoms with Crippen LogP contribution in [0.1, 0.15) is 23.7 Å². The molecule has 0 aromatic heterocycles. The first-order valence-electron chi connectivity index (χ1n) is 7.18. The fourth-order valence-corrected chi connectivity index (χ4v) is 4.47. The second-order valence-electron chi connectivity index (χ2n) is 5.55. The lowest BCUT2D eigenvalue weighted by Gasteiger charge is -2.29. The Bertz CT molecular complexity index is 662. The molecule has 0 aliphatic carbocycles. The third-order valence-electron chi connectivity index (χ3n) is 3.92. The fraction of sp³-hybridized carbons (Fsp3) is 0.438. The van der Waals surface area contributed by atoms with Crippen LogP contribution in [0.5, 0.6) is 0 Å². The van der Waals surface area contributed by atoms with Crippen LogP contribution in [0.25, 0.3) is 0 Å². The summed E-state index contributed by atoms with van der Waals surface area (Å²) in [5.41, 5.74) is 1.26. The molecule has 1 fully saturated rings. The molecule has 0 amide bonds. The van der Waals surface area contributed by atoms with E-state index >= 15 is 0 Å². The summed E-state index contributed by atoms with van der Waals surface area (Å²) < 4.78 is 23.3. The van der Waals surface area contributed by atoms with Gasteiger partial charge in [-0.05, 0) is 24.1 Å². The van der Waals surface area contributed by atoms with E-state index < -0.39 is 15.9 Å². The first-order chi connectivity index (χ1) is 10.4. The van der Waals surface area contributed by atoms with Crippen LogP contribution < -0.4 is 0 Å². The summed E-state index contributed by atoms with van der Waals surface area (Å²) in [7, 11) is -2.96. The Morgan fingerprint density at radius 2 is 2.14 bits per heavy atom. The molecule has 2 rings (SSSR count). The molecule has 1 aromatic rings. The second-order valence-corrected chi connectivity index (χ2v) is 7.78. The Kier molecular flexibility index (Phi) is 5.35. The number of aliphatic hydroxyl groups is 1. The van der Waals surface area contributed by atoms with E-state index in [-0.39, 0.29) is 17.5 Å². The first-order valence-corrected chi connectivity index (χ1v) is 9.01. The number of sulfone groups is 1. The number of rotatable bonds is 6. The highest BCUT2D eigenvalue weighted by atomic mass is 32.2. The van der Waals surface area contributed by atoms with Gasteiger partial charge >= 0.3 is 0 Å². The van der Waals surface area contributed by atoms with Crippen LogP contribution >= 0.6 is 0 Å². The summed E-state index contributed by atoms with van der Waals surface area (Å²) in [4.78, 5) is 1.96. The largest absolute Gasteiger partial charge is 0.387 e. The number of nitriles is 1. The van der Waals surface area contributed by atoms with Crippen LogP contribution in [0, 0.1) is 11.3 Å². The Hall–Kier alpha value is -1.68. The van der Waals surface area contributed by atoms with Crippen molar-refractivity contribution < 1.29 is 13.5 Å². The Morgan fingerprint density at radius 3 is 2.64 bits per heavy atom. The molecule has 2 unspecified atom stereocenters. The molecule has 1 heterocycles. The van der Waals surface area contributed by atoms with Gasteiger partial charge in [-0.25, -0.2) is 8.42 Å². The van der Waals surface area contributed by atoms with E-state index in [1.807, 2.05) is 11.0 Å². The molecule has 0 radical (unpaired) electrons. The van der Waals surface area contributed by atoms with Crippen LogP contribution in [-0.4, -0.2) is 49.1 Å². The average Bonchev–Trinajstić information content (AvgIpc) is 2.87. The summed E-state index contributed by atoms with van der Waals surface area (Å²) in [6.45, 7) is 4.58. The minimum Gasteiger partial charge on any atom is -0.387 e. The highest BCUT2D eigenvalue weighted by Gasteiger charge is 2.32. The number of aliphatic hydroxyl groups excluding tert-OH is 1. The van der Waals surface area contributed by atoms with Crippen molar-refractivity contribution in [1.29, 1.82) is 5.26 Å². The van der Waals surface area contributed by atoms with Crippen molar-refractivity contribution in [2.75, 3.05) is 24.6 Å². The Labute approximate surface area is 131 Å². The predicted molar refractivity (Wildman–Crippen MR) is 84.9 cm³/mol. The minimum absolute atomic E-state index is 0.0731. The van der Waals surface area contributed by atoms with Gasteiger partial charge < -0.3 is 5.11 Å². The molecule has 1 aromatic carbocycles. The fourth-order valence-electron chi connectivity index (χ4n) is 2.71. The van der Waals surface area contributed by atoms with Crippen LogP contribution in [0.2, 0.25) is 0 Å². The van der Waals surface area contributed by atoms with E-state index in [4.69, 9.17) is 5.26 Å². The van der Waals surface area contributed by atoms with Gasteiger partial charge in [0.2, 0.25) is 0 Å². The average molecular weight is 320 g/mol. The molecule has 2 atom stereocenters. The first kappa shape index (κ1) is 16.7. The Balaban J connectivity index is 2.06. The SMILES string of the molecule is C=CCN(CC(O)c1ccc(C#N)cc1)C1CCS(=O)(=O)C1. The second kappa shape index (κ2) is 7.05. The van der Waals surface area contributed by atoms with Crippen molar-refractivity contribution >= 4 is 9.84 Å². The maximum Gasteiger partial charge on any atom is 0.151 e. The zero-order chi connectivity index (χ0) is 16.2. The van der Waals surface area contributed by atoms with Gasteiger partial charge in [-0.3, -0.25) is 4.90 Å². The summed E-state index contributed by atoms with van der Waals surface area (Å²) >= 11 is 0. The van der Waals surface area contributed by atoms with Gasteiger partial charge in [0.25, 0.3) is 0 Å². The summed E-state index contributed by atoms with van der Waals surface area (Å²) in [6.07, 6.45) is 1.59. The molecular weight excluding hydrogens is 300 g/mol. The standard InChI is InChI=1S/C16H20N2O3S/c1-2-8-18(15-7-9-22(20,21)12-15)11-16(19)14-5-3-13(10-17)4-6-14/h2-6,15-16,19H,1,7-9,11-12H2. The van der Waals surface area contributed by atoms with Gasteiger partial charge in [0.05, 0.1) is 29.2 Å². The van der Waals surface area contributed by atoms with Crippen LogP contribution in [0.4, 0.5) is 0 Å². The third kappa shape index (κ3) is 4.17.